The van der Waals surface area contributed by atoms with Crippen LogP contribution in [0.5, 0.6) is 0 Å². The van der Waals surface area contributed by atoms with Crippen molar-refractivity contribution in [2.45, 2.75) is 0 Å². The third-order valence-electron chi connectivity index (χ3n) is 1.12. The number of nitriles is 1. The molecular weight excluding hydrogens is 224 g/mol. The molecule has 0 aliphatic heterocycles. The van der Waals surface area contributed by atoms with Crippen molar-refractivity contribution in [3.63, 3.8) is 0 Å². The van der Waals surface area contributed by atoms with E-state index in [0.29, 0.717) is 4.67 Å². The molecule has 0 spiro atoms. The summed E-state index contributed by atoms with van der Waals surface area (Å²) in [6, 6.07) is 4.93. The summed E-state index contributed by atoms with van der Waals surface area (Å²) in [6.45, 7) is -0.0167. The maximum Gasteiger partial charge on any atom is 0.287 e. The Bertz CT molecular complexity index is 326. The minimum absolute atomic E-state index is 0.0167. The van der Waals surface area contributed by atoms with E-state index in [1.165, 1.54) is 6.07 Å². The number of hydrogen-bond acceptors (Lipinski definition) is 3. The number of rotatable bonds is 2. The van der Waals surface area contributed by atoms with E-state index in [9.17, 15) is 4.79 Å². The maximum absolute atomic E-state index is 11.0. The van der Waals surface area contributed by atoms with Crippen molar-refractivity contribution in [2.75, 3.05) is 6.54 Å². The molecule has 0 aromatic carbocycles. The topological polar surface area (TPSA) is 66.0 Å². The zero-order valence-corrected chi connectivity index (χ0v) is 7.59. The number of amides is 1. The zero-order chi connectivity index (χ0) is 8.97. The number of nitrogens with zero attached hydrogens (tertiary/aromatic N) is 1. The summed E-state index contributed by atoms with van der Waals surface area (Å²) in [5.41, 5.74) is 0. The molecule has 1 aromatic rings. The van der Waals surface area contributed by atoms with Crippen LogP contribution in [0.3, 0.4) is 0 Å². The lowest BCUT2D eigenvalue weighted by atomic mass is 10.4. The predicted octanol–water partition coefficient (Wildman–Crippen LogP) is 1.30. The summed E-state index contributed by atoms with van der Waals surface area (Å²) in [4.78, 5) is 11.0. The molecule has 1 heterocycles. The van der Waals surface area contributed by atoms with Gasteiger partial charge in [0, 0.05) is 0 Å². The molecule has 1 amide bonds. The smallest absolute Gasteiger partial charge is 0.287 e. The van der Waals surface area contributed by atoms with E-state index in [0.717, 1.165) is 0 Å². The van der Waals surface area contributed by atoms with Gasteiger partial charge >= 0.3 is 0 Å². The van der Waals surface area contributed by atoms with Crippen molar-refractivity contribution >= 4 is 21.8 Å². The minimum atomic E-state index is -0.387. The summed E-state index contributed by atoms with van der Waals surface area (Å²) in [5.74, 6) is -0.195. The van der Waals surface area contributed by atoms with Crippen LogP contribution in [0.25, 0.3) is 0 Å². The third kappa shape index (κ3) is 2.10. The van der Waals surface area contributed by atoms with Crippen LogP contribution in [0, 0.1) is 11.3 Å². The molecule has 0 aliphatic carbocycles. The number of hydrogen-bond donors (Lipinski definition) is 1. The van der Waals surface area contributed by atoms with E-state index >= 15 is 0 Å². The predicted molar refractivity (Wildman–Crippen MR) is 44.4 cm³/mol. The molecular formula is C7H5BrN2O2. The van der Waals surface area contributed by atoms with Gasteiger partial charge in [0.05, 0.1) is 6.07 Å². The SMILES string of the molecule is N#CCNC(=O)c1ccc(Br)o1. The van der Waals surface area contributed by atoms with Crippen LogP contribution in [0.2, 0.25) is 0 Å². The standard InChI is InChI=1S/C7H5BrN2O2/c8-6-2-1-5(12-6)7(11)10-4-3-9/h1-2H,4H2,(H,10,11). The molecule has 0 radical (unpaired) electrons. The fraction of sp³-hybridized carbons (Fsp3) is 0.143. The van der Waals surface area contributed by atoms with Gasteiger partial charge in [0.1, 0.15) is 6.54 Å². The average molecular weight is 229 g/mol. The van der Waals surface area contributed by atoms with Crippen LogP contribution in [-0.2, 0) is 0 Å². The Balaban J connectivity index is 2.61. The van der Waals surface area contributed by atoms with Gasteiger partial charge < -0.3 is 9.73 Å². The largest absolute Gasteiger partial charge is 0.444 e. The first-order valence-electron chi connectivity index (χ1n) is 3.14. The van der Waals surface area contributed by atoms with Crippen LogP contribution >= 0.6 is 15.9 Å². The normalized spacial score (nSPS) is 9.00. The molecule has 62 valence electrons. The van der Waals surface area contributed by atoms with E-state index in [2.05, 4.69) is 21.2 Å². The number of nitrogens with one attached hydrogen (secondary N) is 1. The molecule has 5 heteroatoms. The second-order valence-electron chi connectivity index (χ2n) is 1.94. The Morgan fingerprint density at radius 2 is 2.50 bits per heavy atom. The van der Waals surface area contributed by atoms with Crippen molar-refractivity contribution < 1.29 is 9.21 Å². The first-order chi connectivity index (χ1) is 5.74. The van der Waals surface area contributed by atoms with Gasteiger partial charge in [0.25, 0.3) is 5.91 Å². The lowest BCUT2D eigenvalue weighted by Crippen LogP contribution is -2.22. The summed E-state index contributed by atoms with van der Waals surface area (Å²) < 4.78 is 5.43. The Kier molecular flexibility index (Phi) is 2.88. The zero-order valence-electron chi connectivity index (χ0n) is 6.00. The van der Waals surface area contributed by atoms with Gasteiger partial charge in [-0.05, 0) is 28.1 Å². The summed E-state index contributed by atoms with van der Waals surface area (Å²) in [6.07, 6.45) is 0. The molecule has 1 aromatic heterocycles. The second-order valence-corrected chi connectivity index (χ2v) is 2.73. The minimum Gasteiger partial charge on any atom is -0.444 e. The Hall–Kier alpha value is -1.28. The van der Waals surface area contributed by atoms with Crippen molar-refractivity contribution in [2.24, 2.45) is 0 Å². The summed E-state index contributed by atoms with van der Waals surface area (Å²) in [7, 11) is 0. The molecule has 0 saturated carbocycles. The molecule has 4 nitrogen and oxygen atoms in total. The lowest BCUT2D eigenvalue weighted by Gasteiger charge is -1.94. The number of carbonyl (C=O) groups is 1. The fourth-order valence-electron chi connectivity index (χ4n) is 0.643. The molecule has 0 unspecified atom stereocenters. The van der Waals surface area contributed by atoms with Crippen molar-refractivity contribution in [3.05, 3.63) is 22.6 Å². The fourth-order valence-corrected chi connectivity index (χ4v) is 0.950. The van der Waals surface area contributed by atoms with Crippen LogP contribution in [-0.4, -0.2) is 12.5 Å². The van der Waals surface area contributed by atoms with Gasteiger partial charge in [-0.15, -0.1) is 0 Å². The van der Waals surface area contributed by atoms with E-state index in [-0.39, 0.29) is 18.2 Å². The van der Waals surface area contributed by atoms with Crippen LogP contribution in [0.4, 0.5) is 0 Å². The van der Waals surface area contributed by atoms with Crippen molar-refractivity contribution in [1.29, 1.82) is 5.26 Å². The molecule has 0 fully saturated rings. The van der Waals surface area contributed by atoms with Crippen molar-refractivity contribution in [1.82, 2.24) is 5.32 Å². The van der Waals surface area contributed by atoms with Gasteiger partial charge in [0.2, 0.25) is 0 Å². The van der Waals surface area contributed by atoms with E-state index < -0.39 is 0 Å². The molecule has 0 atom stereocenters. The molecule has 0 bridgehead atoms. The van der Waals surface area contributed by atoms with E-state index in [1.54, 1.807) is 12.1 Å². The number of carbonyl (C=O) groups excluding carboxylic acids is 1. The lowest BCUT2D eigenvalue weighted by molar-refractivity contribution is 0.0929. The second kappa shape index (κ2) is 3.93. The number of furan rings is 1. The van der Waals surface area contributed by atoms with Gasteiger partial charge in [-0.1, -0.05) is 0 Å². The quantitative estimate of drug-likeness (QED) is 0.777. The van der Waals surface area contributed by atoms with Crippen LogP contribution in [0.1, 0.15) is 10.6 Å². The third-order valence-corrected chi connectivity index (χ3v) is 1.55. The highest BCUT2D eigenvalue weighted by atomic mass is 79.9. The number of halogens is 1. The molecule has 12 heavy (non-hydrogen) atoms. The first kappa shape index (κ1) is 8.81. The van der Waals surface area contributed by atoms with Gasteiger partial charge in [-0.25, -0.2) is 0 Å². The van der Waals surface area contributed by atoms with Crippen molar-refractivity contribution in [3.8, 4) is 6.07 Å². The molecule has 0 aliphatic rings. The Morgan fingerprint density at radius 3 is 3.00 bits per heavy atom. The highest BCUT2D eigenvalue weighted by molar-refractivity contribution is 9.10. The van der Waals surface area contributed by atoms with Crippen LogP contribution < -0.4 is 5.32 Å². The maximum atomic E-state index is 11.0. The first-order valence-corrected chi connectivity index (χ1v) is 3.94. The summed E-state index contributed by atoms with van der Waals surface area (Å²) in [5, 5.41) is 10.5. The van der Waals surface area contributed by atoms with Gasteiger partial charge in [-0.2, -0.15) is 5.26 Å². The van der Waals surface area contributed by atoms with Gasteiger partial charge in [-0.3, -0.25) is 4.79 Å². The van der Waals surface area contributed by atoms with Crippen LogP contribution in [0.15, 0.2) is 21.2 Å². The summed E-state index contributed by atoms with van der Waals surface area (Å²) >= 11 is 3.06. The highest BCUT2D eigenvalue weighted by Crippen LogP contribution is 2.13. The molecule has 1 N–H and O–H groups in total. The average Bonchev–Trinajstić information content (AvgIpc) is 2.47. The van der Waals surface area contributed by atoms with E-state index in [1.807, 2.05) is 0 Å². The van der Waals surface area contributed by atoms with E-state index in [4.69, 9.17) is 9.68 Å². The highest BCUT2D eigenvalue weighted by Gasteiger charge is 2.08. The molecule has 0 saturated heterocycles. The molecule has 1 rings (SSSR count). The Labute approximate surface area is 77.3 Å². The Morgan fingerprint density at radius 1 is 1.75 bits per heavy atom. The monoisotopic (exact) mass is 228 g/mol. The van der Waals surface area contributed by atoms with Gasteiger partial charge in [0.15, 0.2) is 10.4 Å².